The standard InChI is InChI=1S/C19H20N2O4/c1-24-18(22)13-17(19(23)25-2)21-16-7-5-14(6-8-16)3-4-15-9-11-20-12-10-15/h5-13,21H,3-4H2,1-2H3/b17-13+. The minimum atomic E-state index is -0.646. The van der Waals surface area contributed by atoms with Gasteiger partial charge in [0.15, 0.2) is 0 Å². The van der Waals surface area contributed by atoms with Crippen molar-refractivity contribution in [1.82, 2.24) is 4.98 Å². The lowest BCUT2D eigenvalue weighted by molar-refractivity contribution is -0.138. The molecule has 25 heavy (non-hydrogen) atoms. The van der Waals surface area contributed by atoms with Crippen LogP contribution < -0.4 is 5.32 Å². The SMILES string of the molecule is COC(=O)/C=C(/Nc1ccc(CCc2ccncc2)cc1)C(=O)OC. The summed E-state index contributed by atoms with van der Waals surface area (Å²) in [6.07, 6.45) is 6.44. The molecule has 0 saturated heterocycles. The summed E-state index contributed by atoms with van der Waals surface area (Å²) in [5.41, 5.74) is 3.08. The zero-order chi connectivity index (χ0) is 18.1. The third-order valence-corrected chi connectivity index (χ3v) is 3.55. The summed E-state index contributed by atoms with van der Waals surface area (Å²) in [5.74, 6) is -1.28. The van der Waals surface area contributed by atoms with Gasteiger partial charge in [-0.25, -0.2) is 9.59 Å². The number of carbonyl (C=O) groups excluding carboxylic acids is 2. The molecule has 6 nitrogen and oxygen atoms in total. The van der Waals surface area contributed by atoms with E-state index in [4.69, 9.17) is 0 Å². The van der Waals surface area contributed by atoms with E-state index >= 15 is 0 Å². The monoisotopic (exact) mass is 340 g/mol. The van der Waals surface area contributed by atoms with Crippen molar-refractivity contribution in [2.45, 2.75) is 12.8 Å². The number of hydrogen-bond donors (Lipinski definition) is 1. The van der Waals surface area contributed by atoms with Crippen LogP contribution in [-0.2, 0) is 31.9 Å². The Balaban J connectivity index is 2.01. The largest absolute Gasteiger partial charge is 0.466 e. The van der Waals surface area contributed by atoms with Gasteiger partial charge in [0.2, 0.25) is 0 Å². The Bertz CT molecular complexity index is 740. The van der Waals surface area contributed by atoms with Crippen LogP contribution in [0, 0.1) is 0 Å². The van der Waals surface area contributed by atoms with Crippen molar-refractivity contribution >= 4 is 17.6 Å². The van der Waals surface area contributed by atoms with Crippen molar-refractivity contribution in [2.24, 2.45) is 0 Å². The summed E-state index contributed by atoms with van der Waals surface area (Å²) in [4.78, 5) is 27.1. The highest BCUT2D eigenvalue weighted by Crippen LogP contribution is 2.14. The summed E-state index contributed by atoms with van der Waals surface area (Å²) in [5, 5.41) is 2.87. The number of nitrogens with one attached hydrogen (secondary N) is 1. The molecule has 1 N–H and O–H groups in total. The van der Waals surface area contributed by atoms with Crippen molar-refractivity contribution in [3.8, 4) is 0 Å². The predicted octanol–water partition coefficient (Wildman–Crippen LogP) is 2.51. The topological polar surface area (TPSA) is 77.5 Å². The number of rotatable bonds is 7. The molecule has 0 aliphatic carbocycles. The second-order valence-electron chi connectivity index (χ2n) is 5.25. The van der Waals surface area contributed by atoms with E-state index in [1.807, 2.05) is 36.4 Å². The average molecular weight is 340 g/mol. The number of aromatic nitrogens is 1. The molecule has 2 aromatic rings. The minimum Gasteiger partial charge on any atom is -0.466 e. The van der Waals surface area contributed by atoms with Gasteiger partial charge in [0.25, 0.3) is 0 Å². The third-order valence-electron chi connectivity index (χ3n) is 3.55. The van der Waals surface area contributed by atoms with E-state index in [0.29, 0.717) is 5.69 Å². The molecular weight excluding hydrogens is 320 g/mol. The number of carbonyl (C=O) groups is 2. The first-order valence-corrected chi connectivity index (χ1v) is 7.75. The molecule has 0 amide bonds. The van der Waals surface area contributed by atoms with Crippen molar-refractivity contribution in [2.75, 3.05) is 19.5 Å². The van der Waals surface area contributed by atoms with Gasteiger partial charge in [0.1, 0.15) is 5.70 Å². The van der Waals surface area contributed by atoms with Crippen molar-refractivity contribution in [1.29, 1.82) is 0 Å². The summed E-state index contributed by atoms with van der Waals surface area (Å²) in [6, 6.07) is 11.6. The van der Waals surface area contributed by atoms with E-state index in [0.717, 1.165) is 18.9 Å². The predicted molar refractivity (Wildman–Crippen MR) is 93.8 cm³/mol. The van der Waals surface area contributed by atoms with Crippen LogP contribution in [0.1, 0.15) is 11.1 Å². The Morgan fingerprint density at radius 3 is 2.12 bits per heavy atom. The molecule has 130 valence electrons. The van der Waals surface area contributed by atoms with Crippen LogP contribution in [0.5, 0.6) is 0 Å². The fourth-order valence-corrected chi connectivity index (χ4v) is 2.18. The molecule has 0 saturated carbocycles. The maximum atomic E-state index is 11.7. The van der Waals surface area contributed by atoms with Crippen LogP contribution >= 0.6 is 0 Å². The first-order valence-electron chi connectivity index (χ1n) is 7.75. The maximum Gasteiger partial charge on any atom is 0.354 e. The quantitative estimate of drug-likeness (QED) is 0.616. The highest BCUT2D eigenvalue weighted by atomic mass is 16.5. The van der Waals surface area contributed by atoms with E-state index in [1.54, 1.807) is 12.4 Å². The molecule has 2 rings (SSSR count). The molecule has 0 radical (unpaired) electrons. The van der Waals surface area contributed by atoms with Crippen molar-refractivity contribution < 1.29 is 19.1 Å². The molecule has 0 aliphatic rings. The Labute approximate surface area is 146 Å². The molecule has 1 aromatic carbocycles. The van der Waals surface area contributed by atoms with Crippen LogP contribution in [0.4, 0.5) is 5.69 Å². The van der Waals surface area contributed by atoms with Crippen molar-refractivity contribution in [3.63, 3.8) is 0 Å². The second kappa shape index (κ2) is 9.22. The molecule has 0 spiro atoms. The van der Waals surface area contributed by atoms with Gasteiger partial charge in [-0.05, 0) is 48.2 Å². The average Bonchev–Trinajstić information content (AvgIpc) is 2.66. The van der Waals surface area contributed by atoms with E-state index in [2.05, 4.69) is 19.8 Å². The van der Waals surface area contributed by atoms with Crippen LogP contribution in [0.25, 0.3) is 0 Å². The molecule has 6 heteroatoms. The molecular formula is C19H20N2O4. The first kappa shape index (κ1) is 18.2. The number of esters is 2. The number of aryl methyl sites for hydroxylation is 2. The number of nitrogens with zero attached hydrogens (tertiary/aromatic N) is 1. The number of anilines is 1. The molecule has 0 unspecified atom stereocenters. The van der Waals surface area contributed by atoms with Gasteiger partial charge in [-0.1, -0.05) is 12.1 Å². The Morgan fingerprint density at radius 2 is 1.56 bits per heavy atom. The van der Waals surface area contributed by atoms with Gasteiger partial charge in [0, 0.05) is 18.1 Å². The smallest absolute Gasteiger partial charge is 0.354 e. The number of methoxy groups -OCH3 is 2. The summed E-state index contributed by atoms with van der Waals surface area (Å²) < 4.78 is 9.20. The molecule has 1 heterocycles. The lowest BCUT2D eigenvalue weighted by atomic mass is 10.1. The second-order valence-corrected chi connectivity index (χ2v) is 5.25. The van der Waals surface area contributed by atoms with Crippen LogP contribution in [0.15, 0.2) is 60.6 Å². The fourth-order valence-electron chi connectivity index (χ4n) is 2.18. The molecule has 0 bridgehead atoms. The summed E-state index contributed by atoms with van der Waals surface area (Å²) >= 11 is 0. The molecule has 0 fully saturated rings. The Morgan fingerprint density at radius 1 is 0.960 bits per heavy atom. The molecule has 0 atom stereocenters. The number of ether oxygens (including phenoxy) is 2. The number of pyridine rings is 1. The van der Waals surface area contributed by atoms with Crippen molar-refractivity contribution in [3.05, 3.63) is 71.7 Å². The lowest BCUT2D eigenvalue weighted by Gasteiger charge is -2.10. The maximum absolute atomic E-state index is 11.7. The van der Waals surface area contributed by atoms with Crippen LogP contribution in [-0.4, -0.2) is 31.1 Å². The highest BCUT2D eigenvalue weighted by Gasteiger charge is 2.12. The zero-order valence-corrected chi connectivity index (χ0v) is 14.2. The van der Waals surface area contributed by atoms with Gasteiger partial charge in [0.05, 0.1) is 20.3 Å². The van der Waals surface area contributed by atoms with E-state index < -0.39 is 11.9 Å². The third kappa shape index (κ3) is 5.76. The van der Waals surface area contributed by atoms with Gasteiger partial charge < -0.3 is 14.8 Å². The Hall–Kier alpha value is -3.15. The zero-order valence-electron chi connectivity index (χ0n) is 14.2. The first-order chi connectivity index (χ1) is 12.1. The number of benzene rings is 1. The molecule has 0 aliphatic heterocycles. The van der Waals surface area contributed by atoms with E-state index in [-0.39, 0.29) is 5.70 Å². The van der Waals surface area contributed by atoms with Gasteiger partial charge in [-0.15, -0.1) is 0 Å². The minimum absolute atomic E-state index is 0.0129. The van der Waals surface area contributed by atoms with Gasteiger partial charge in [-0.2, -0.15) is 0 Å². The van der Waals surface area contributed by atoms with Crippen LogP contribution in [0.2, 0.25) is 0 Å². The van der Waals surface area contributed by atoms with Gasteiger partial charge >= 0.3 is 11.9 Å². The normalized spacial score (nSPS) is 10.9. The summed E-state index contributed by atoms with van der Waals surface area (Å²) in [6.45, 7) is 0. The fraction of sp³-hybridized carbons (Fsp3) is 0.211. The van der Waals surface area contributed by atoms with E-state index in [9.17, 15) is 9.59 Å². The van der Waals surface area contributed by atoms with E-state index in [1.165, 1.54) is 25.3 Å². The number of hydrogen-bond acceptors (Lipinski definition) is 6. The highest BCUT2D eigenvalue weighted by molar-refractivity contribution is 5.98. The van der Waals surface area contributed by atoms with Crippen LogP contribution in [0.3, 0.4) is 0 Å². The lowest BCUT2D eigenvalue weighted by Crippen LogP contribution is -2.15. The Kier molecular flexibility index (Phi) is 6.71. The molecule has 1 aromatic heterocycles. The summed E-state index contributed by atoms with van der Waals surface area (Å²) in [7, 11) is 2.49. The van der Waals surface area contributed by atoms with Gasteiger partial charge in [-0.3, -0.25) is 4.98 Å².